The first-order valence-corrected chi connectivity index (χ1v) is 8.37. The van der Waals surface area contributed by atoms with Gasteiger partial charge in [-0.15, -0.1) is 11.3 Å². The zero-order valence-corrected chi connectivity index (χ0v) is 12.4. The van der Waals surface area contributed by atoms with Crippen LogP contribution in [0.15, 0.2) is 23.6 Å². The minimum Gasteiger partial charge on any atom is -0.387 e. The monoisotopic (exact) mass is 309 g/mol. The Morgan fingerprint density at radius 1 is 1.60 bits per heavy atom. The predicted molar refractivity (Wildman–Crippen MR) is 81.1 cm³/mol. The molecule has 20 heavy (non-hydrogen) atoms. The zero-order valence-electron chi connectivity index (χ0n) is 10.8. The molecule has 1 amide bonds. The number of carbonyl (C=O) groups excluding carboxylic acids is 1. The van der Waals surface area contributed by atoms with E-state index < -0.39 is 5.60 Å². The van der Waals surface area contributed by atoms with E-state index in [1.165, 1.54) is 0 Å². The minimum absolute atomic E-state index is 0.255. The second-order valence-electron chi connectivity index (χ2n) is 4.85. The smallest absolute Gasteiger partial charge is 0.271 e. The Bertz CT molecular complexity index is 589. The van der Waals surface area contributed by atoms with Gasteiger partial charge in [-0.05, 0) is 29.7 Å². The summed E-state index contributed by atoms with van der Waals surface area (Å²) in [5.41, 5.74) is 0.413. The number of hydrogen-bond donors (Lipinski definition) is 3. The van der Waals surface area contributed by atoms with E-state index in [1.54, 1.807) is 29.2 Å². The van der Waals surface area contributed by atoms with Gasteiger partial charge in [0, 0.05) is 12.3 Å². The molecule has 5 nitrogen and oxygen atoms in total. The fraction of sp³-hybridized carbons (Fsp3) is 0.385. The molecule has 0 spiro atoms. The Morgan fingerprint density at radius 3 is 3.20 bits per heavy atom. The molecule has 0 bridgehead atoms. The van der Waals surface area contributed by atoms with Gasteiger partial charge in [-0.3, -0.25) is 9.89 Å². The Labute approximate surface area is 124 Å². The maximum absolute atomic E-state index is 12.0. The number of aromatic nitrogens is 2. The molecular formula is C13H15N3O2S2. The number of hydrogen-bond acceptors (Lipinski definition) is 5. The molecule has 2 aromatic rings. The lowest BCUT2D eigenvalue weighted by atomic mass is 10.0. The first-order chi connectivity index (χ1) is 9.66. The minimum atomic E-state index is -0.771. The summed E-state index contributed by atoms with van der Waals surface area (Å²) in [7, 11) is 0. The van der Waals surface area contributed by atoms with Gasteiger partial charge < -0.3 is 10.4 Å². The molecule has 7 heteroatoms. The highest BCUT2D eigenvalue weighted by atomic mass is 32.2. The van der Waals surface area contributed by atoms with Crippen molar-refractivity contribution in [1.82, 2.24) is 15.5 Å². The van der Waals surface area contributed by atoms with Crippen molar-refractivity contribution < 1.29 is 9.90 Å². The van der Waals surface area contributed by atoms with Gasteiger partial charge in [0.05, 0.1) is 16.2 Å². The Kier molecular flexibility index (Phi) is 3.82. The number of amides is 1. The molecule has 1 fully saturated rings. The first kappa shape index (κ1) is 13.7. The van der Waals surface area contributed by atoms with Crippen LogP contribution in [0.5, 0.6) is 0 Å². The highest BCUT2D eigenvalue weighted by molar-refractivity contribution is 7.99. The molecule has 0 aromatic carbocycles. The highest BCUT2D eigenvalue weighted by Crippen LogP contribution is 2.27. The quantitative estimate of drug-likeness (QED) is 0.804. The van der Waals surface area contributed by atoms with Crippen molar-refractivity contribution in [3.05, 3.63) is 29.3 Å². The topological polar surface area (TPSA) is 78.0 Å². The van der Waals surface area contributed by atoms with Crippen LogP contribution in [0.25, 0.3) is 10.6 Å². The van der Waals surface area contributed by atoms with Crippen molar-refractivity contribution >= 4 is 29.0 Å². The predicted octanol–water partition coefficient (Wildman–Crippen LogP) is 1.74. The molecule has 3 rings (SSSR count). The van der Waals surface area contributed by atoms with Crippen molar-refractivity contribution in [2.75, 3.05) is 18.1 Å². The van der Waals surface area contributed by atoms with Crippen LogP contribution in [-0.2, 0) is 0 Å². The number of aromatic amines is 1. The second-order valence-corrected chi connectivity index (χ2v) is 6.91. The third-order valence-electron chi connectivity index (χ3n) is 3.26. The summed E-state index contributed by atoms with van der Waals surface area (Å²) in [5.74, 6) is 1.36. The van der Waals surface area contributed by atoms with Crippen LogP contribution in [-0.4, -0.2) is 44.9 Å². The molecule has 1 saturated heterocycles. The molecule has 106 valence electrons. The summed E-state index contributed by atoms with van der Waals surface area (Å²) in [6.07, 6.45) is 0.721. The van der Waals surface area contributed by atoms with Crippen LogP contribution in [0.4, 0.5) is 0 Å². The molecule has 0 aliphatic carbocycles. The lowest BCUT2D eigenvalue weighted by Gasteiger charge is -2.21. The van der Waals surface area contributed by atoms with E-state index in [-0.39, 0.29) is 12.5 Å². The van der Waals surface area contributed by atoms with E-state index in [0.717, 1.165) is 22.7 Å². The van der Waals surface area contributed by atoms with E-state index in [1.807, 2.05) is 17.5 Å². The Morgan fingerprint density at radius 2 is 2.50 bits per heavy atom. The number of nitrogens with zero attached hydrogens (tertiary/aromatic N) is 1. The summed E-state index contributed by atoms with van der Waals surface area (Å²) in [6.45, 7) is 0.278. The lowest BCUT2D eigenvalue weighted by Crippen LogP contribution is -2.43. The van der Waals surface area contributed by atoms with Gasteiger partial charge in [0.15, 0.2) is 5.69 Å². The van der Waals surface area contributed by atoms with Crippen LogP contribution in [0.3, 0.4) is 0 Å². The summed E-state index contributed by atoms with van der Waals surface area (Å²) >= 11 is 3.30. The van der Waals surface area contributed by atoms with Crippen LogP contribution >= 0.6 is 23.1 Å². The number of rotatable bonds is 4. The summed E-state index contributed by atoms with van der Waals surface area (Å²) < 4.78 is 0. The molecule has 2 aromatic heterocycles. The standard InChI is InChI=1S/C13H15N3O2S2/c17-12(14-7-13(18)3-5-19-8-13)10-6-9(15-16-10)11-2-1-4-20-11/h1-2,4,6,18H,3,5,7-8H2,(H,14,17)(H,15,16). The zero-order chi connectivity index (χ0) is 14.0. The van der Waals surface area contributed by atoms with Crippen molar-refractivity contribution in [1.29, 1.82) is 0 Å². The Balaban J connectivity index is 1.63. The van der Waals surface area contributed by atoms with Gasteiger partial charge in [0.2, 0.25) is 0 Å². The third kappa shape index (κ3) is 2.89. The molecule has 3 heterocycles. The largest absolute Gasteiger partial charge is 0.387 e. The molecular weight excluding hydrogens is 294 g/mol. The van der Waals surface area contributed by atoms with E-state index in [9.17, 15) is 9.90 Å². The maximum Gasteiger partial charge on any atom is 0.271 e. The average molecular weight is 309 g/mol. The summed E-state index contributed by atoms with van der Waals surface area (Å²) in [6, 6.07) is 5.65. The van der Waals surface area contributed by atoms with E-state index in [4.69, 9.17) is 0 Å². The normalized spacial score (nSPS) is 22.1. The SMILES string of the molecule is O=C(NCC1(O)CCSC1)c1cc(-c2cccs2)[nH]n1. The first-order valence-electron chi connectivity index (χ1n) is 6.34. The van der Waals surface area contributed by atoms with Gasteiger partial charge in [-0.1, -0.05) is 6.07 Å². The fourth-order valence-corrected chi connectivity index (χ4v) is 4.05. The molecule has 3 N–H and O–H groups in total. The molecule has 1 unspecified atom stereocenters. The van der Waals surface area contributed by atoms with Gasteiger partial charge in [0.25, 0.3) is 5.91 Å². The van der Waals surface area contributed by atoms with E-state index in [0.29, 0.717) is 11.4 Å². The lowest BCUT2D eigenvalue weighted by molar-refractivity contribution is 0.0611. The van der Waals surface area contributed by atoms with Gasteiger partial charge >= 0.3 is 0 Å². The van der Waals surface area contributed by atoms with Gasteiger partial charge in [0.1, 0.15) is 0 Å². The number of nitrogens with one attached hydrogen (secondary N) is 2. The van der Waals surface area contributed by atoms with Crippen LogP contribution in [0.2, 0.25) is 0 Å². The molecule has 1 atom stereocenters. The number of thiophene rings is 1. The number of carbonyl (C=O) groups is 1. The van der Waals surface area contributed by atoms with E-state index in [2.05, 4.69) is 15.5 Å². The number of thioether (sulfide) groups is 1. The summed E-state index contributed by atoms with van der Waals surface area (Å²) in [5, 5.41) is 21.8. The molecule has 0 radical (unpaired) electrons. The van der Waals surface area contributed by atoms with Gasteiger partial charge in [-0.25, -0.2) is 0 Å². The fourth-order valence-electron chi connectivity index (χ4n) is 2.07. The second kappa shape index (κ2) is 5.59. The summed E-state index contributed by atoms with van der Waals surface area (Å²) in [4.78, 5) is 13.1. The molecule has 1 aliphatic heterocycles. The van der Waals surface area contributed by atoms with Crippen molar-refractivity contribution in [3.8, 4) is 10.6 Å². The third-order valence-corrected chi connectivity index (χ3v) is 5.40. The Hall–Kier alpha value is -1.31. The van der Waals surface area contributed by atoms with Crippen LogP contribution in [0, 0.1) is 0 Å². The highest BCUT2D eigenvalue weighted by Gasteiger charge is 2.32. The van der Waals surface area contributed by atoms with Crippen molar-refractivity contribution in [3.63, 3.8) is 0 Å². The average Bonchev–Trinajstić information content (AvgIpc) is 3.16. The van der Waals surface area contributed by atoms with Crippen molar-refractivity contribution in [2.45, 2.75) is 12.0 Å². The maximum atomic E-state index is 12.0. The van der Waals surface area contributed by atoms with E-state index >= 15 is 0 Å². The number of H-pyrrole nitrogens is 1. The van der Waals surface area contributed by atoms with Crippen LogP contribution in [0.1, 0.15) is 16.9 Å². The van der Waals surface area contributed by atoms with Crippen molar-refractivity contribution in [2.24, 2.45) is 0 Å². The molecule has 0 saturated carbocycles. The number of aliphatic hydroxyl groups is 1. The van der Waals surface area contributed by atoms with Crippen LogP contribution < -0.4 is 5.32 Å². The molecule has 1 aliphatic rings. The van der Waals surface area contributed by atoms with Gasteiger partial charge in [-0.2, -0.15) is 16.9 Å².